The molecule has 1 aromatic carbocycles. The van der Waals surface area contributed by atoms with Crippen molar-refractivity contribution in [3.8, 4) is 28.6 Å². The van der Waals surface area contributed by atoms with Gasteiger partial charge in [-0.05, 0) is 19.3 Å². The first-order chi connectivity index (χ1) is 13.1. The molecule has 1 heterocycles. The maximum atomic E-state index is 14.9. The summed E-state index contributed by atoms with van der Waals surface area (Å²) in [6, 6.07) is 2.99. The number of methoxy groups -OCH3 is 2. The number of rotatable bonds is 10. The molecule has 0 bridgehead atoms. The zero-order chi connectivity index (χ0) is 19.8. The van der Waals surface area contributed by atoms with Crippen molar-refractivity contribution in [2.75, 3.05) is 20.8 Å². The van der Waals surface area contributed by atoms with Crippen LogP contribution < -0.4 is 14.2 Å². The normalized spacial score (nSPS) is 10.7. The number of nitrogens with zero attached hydrogens (tertiary/aromatic N) is 2. The highest BCUT2D eigenvalue weighted by Gasteiger charge is 2.22. The summed E-state index contributed by atoms with van der Waals surface area (Å²) >= 11 is 0. The van der Waals surface area contributed by atoms with Crippen molar-refractivity contribution in [2.45, 2.75) is 52.9 Å². The number of aryl methyl sites for hydroxylation is 2. The van der Waals surface area contributed by atoms with Crippen LogP contribution in [0.3, 0.4) is 0 Å². The number of ether oxygens (including phenoxy) is 3. The summed E-state index contributed by atoms with van der Waals surface area (Å²) < 4.78 is 31.3. The maximum absolute atomic E-state index is 14.9. The van der Waals surface area contributed by atoms with E-state index < -0.39 is 5.82 Å². The standard InChI is InChI=1S/C21H29FN2O3/c1-6-9-10-11-27-21-17(8-3)23-20(16(7-2)24-21)19-15(22)12-14(25-4)13-18(19)26-5/h12-13H,6-11H2,1-5H3. The average molecular weight is 376 g/mol. The molecule has 0 spiro atoms. The number of aromatic nitrogens is 2. The molecule has 27 heavy (non-hydrogen) atoms. The van der Waals surface area contributed by atoms with E-state index in [2.05, 4.69) is 11.9 Å². The Kier molecular flexibility index (Phi) is 7.82. The summed E-state index contributed by atoms with van der Waals surface area (Å²) in [5.41, 5.74) is 2.19. The molecule has 2 aromatic rings. The van der Waals surface area contributed by atoms with E-state index >= 15 is 0 Å². The number of hydrogen-bond donors (Lipinski definition) is 0. The van der Waals surface area contributed by atoms with Crippen LogP contribution in [0.5, 0.6) is 17.4 Å². The summed E-state index contributed by atoms with van der Waals surface area (Å²) in [5, 5.41) is 0. The molecule has 2 rings (SSSR count). The van der Waals surface area contributed by atoms with Gasteiger partial charge < -0.3 is 14.2 Å². The first-order valence-electron chi connectivity index (χ1n) is 9.53. The third kappa shape index (κ3) is 4.87. The van der Waals surface area contributed by atoms with Crippen molar-refractivity contribution in [1.29, 1.82) is 0 Å². The second-order valence-corrected chi connectivity index (χ2v) is 6.22. The Morgan fingerprint density at radius 3 is 2.26 bits per heavy atom. The number of hydrogen-bond acceptors (Lipinski definition) is 5. The highest BCUT2D eigenvalue weighted by Crippen LogP contribution is 2.37. The van der Waals surface area contributed by atoms with Gasteiger partial charge in [-0.25, -0.2) is 14.4 Å². The van der Waals surface area contributed by atoms with Gasteiger partial charge in [0.05, 0.1) is 37.8 Å². The van der Waals surface area contributed by atoms with Crippen LogP contribution in [0.15, 0.2) is 12.1 Å². The van der Waals surface area contributed by atoms with Crippen LogP contribution in [0.2, 0.25) is 0 Å². The molecule has 0 radical (unpaired) electrons. The number of benzene rings is 1. The van der Waals surface area contributed by atoms with Gasteiger partial charge in [-0.2, -0.15) is 0 Å². The van der Waals surface area contributed by atoms with Gasteiger partial charge in [-0.3, -0.25) is 0 Å². The lowest BCUT2D eigenvalue weighted by atomic mass is 10.0. The summed E-state index contributed by atoms with van der Waals surface area (Å²) in [7, 11) is 2.99. The fourth-order valence-corrected chi connectivity index (χ4v) is 2.87. The van der Waals surface area contributed by atoms with Crippen molar-refractivity contribution in [3.05, 3.63) is 29.3 Å². The molecule has 0 aliphatic rings. The molecule has 0 saturated heterocycles. The predicted molar refractivity (Wildman–Crippen MR) is 104 cm³/mol. The highest BCUT2D eigenvalue weighted by molar-refractivity contribution is 5.71. The molecule has 148 valence electrons. The van der Waals surface area contributed by atoms with Gasteiger partial charge in [0.2, 0.25) is 5.88 Å². The fourth-order valence-electron chi connectivity index (χ4n) is 2.87. The molecule has 0 aliphatic heterocycles. The summed E-state index contributed by atoms with van der Waals surface area (Å²) in [4.78, 5) is 9.36. The monoisotopic (exact) mass is 376 g/mol. The molecular formula is C21H29FN2O3. The summed E-state index contributed by atoms with van der Waals surface area (Å²) in [6.45, 7) is 6.71. The van der Waals surface area contributed by atoms with Gasteiger partial charge >= 0.3 is 0 Å². The lowest BCUT2D eigenvalue weighted by Gasteiger charge is -2.16. The van der Waals surface area contributed by atoms with E-state index in [0.717, 1.165) is 25.0 Å². The molecule has 6 heteroatoms. The van der Waals surface area contributed by atoms with E-state index in [0.29, 0.717) is 53.8 Å². The lowest BCUT2D eigenvalue weighted by molar-refractivity contribution is 0.289. The third-order valence-electron chi connectivity index (χ3n) is 4.38. The molecule has 0 aliphatic carbocycles. The predicted octanol–water partition coefficient (Wildman–Crippen LogP) is 4.99. The zero-order valence-electron chi connectivity index (χ0n) is 16.9. The molecule has 0 N–H and O–H groups in total. The van der Waals surface area contributed by atoms with E-state index in [-0.39, 0.29) is 0 Å². The quantitative estimate of drug-likeness (QED) is 0.547. The SMILES string of the molecule is CCCCCOc1nc(CC)c(-c2c(F)cc(OC)cc2OC)nc1CC. The van der Waals surface area contributed by atoms with Crippen molar-refractivity contribution in [3.63, 3.8) is 0 Å². The Morgan fingerprint density at radius 2 is 1.67 bits per heavy atom. The average Bonchev–Trinajstić information content (AvgIpc) is 2.70. The van der Waals surface area contributed by atoms with Crippen LogP contribution in [-0.2, 0) is 12.8 Å². The van der Waals surface area contributed by atoms with Crippen LogP contribution in [0.1, 0.15) is 51.4 Å². The van der Waals surface area contributed by atoms with Crippen molar-refractivity contribution >= 4 is 0 Å². The Morgan fingerprint density at radius 1 is 0.926 bits per heavy atom. The van der Waals surface area contributed by atoms with Crippen LogP contribution in [-0.4, -0.2) is 30.8 Å². The Hall–Kier alpha value is -2.37. The molecule has 0 fully saturated rings. The molecular weight excluding hydrogens is 347 g/mol. The van der Waals surface area contributed by atoms with Gasteiger partial charge in [0.25, 0.3) is 0 Å². The van der Waals surface area contributed by atoms with E-state index in [4.69, 9.17) is 19.2 Å². The minimum atomic E-state index is -0.450. The Labute approximate surface area is 160 Å². The molecule has 0 saturated carbocycles. The minimum Gasteiger partial charge on any atom is -0.497 e. The Bertz CT molecular complexity index is 766. The van der Waals surface area contributed by atoms with Crippen molar-refractivity contribution in [1.82, 2.24) is 9.97 Å². The molecule has 0 unspecified atom stereocenters. The molecule has 0 amide bonds. The van der Waals surface area contributed by atoms with E-state index in [9.17, 15) is 4.39 Å². The van der Waals surface area contributed by atoms with Gasteiger partial charge in [-0.1, -0.05) is 33.6 Å². The fraction of sp³-hybridized carbons (Fsp3) is 0.524. The van der Waals surface area contributed by atoms with Crippen LogP contribution in [0, 0.1) is 5.82 Å². The maximum Gasteiger partial charge on any atom is 0.235 e. The second-order valence-electron chi connectivity index (χ2n) is 6.22. The summed E-state index contributed by atoms with van der Waals surface area (Å²) in [6.07, 6.45) is 4.47. The Balaban J connectivity index is 2.51. The first kappa shape index (κ1) is 20.9. The van der Waals surface area contributed by atoms with Gasteiger partial charge in [0, 0.05) is 12.1 Å². The number of halogens is 1. The number of unbranched alkanes of at least 4 members (excludes halogenated alkanes) is 2. The highest BCUT2D eigenvalue weighted by atomic mass is 19.1. The molecule has 1 aromatic heterocycles. The first-order valence-corrected chi connectivity index (χ1v) is 9.53. The van der Waals surface area contributed by atoms with Crippen molar-refractivity contribution in [2.24, 2.45) is 0 Å². The van der Waals surface area contributed by atoms with E-state index in [1.807, 2.05) is 13.8 Å². The van der Waals surface area contributed by atoms with Gasteiger partial charge in [-0.15, -0.1) is 0 Å². The lowest BCUT2D eigenvalue weighted by Crippen LogP contribution is -2.09. The second kappa shape index (κ2) is 10.1. The third-order valence-corrected chi connectivity index (χ3v) is 4.38. The zero-order valence-corrected chi connectivity index (χ0v) is 16.9. The van der Waals surface area contributed by atoms with Crippen LogP contribution in [0.25, 0.3) is 11.3 Å². The van der Waals surface area contributed by atoms with Gasteiger partial charge in [0.1, 0.15) is 23.0 Å². The van der Waals surface area contributed by atoms with Crippen LogP contribution >= 0.6 is 0 Å². The van der Waals surface area contributed by atoms with E-state index in [1.165, 1.54) is 20.3 Å². The topological polar surface area (TPSA) is 53.5 Å². The summed E-state index contributed by atoms with van der Waals surface area (Å²) in [5.74, 6) is 0.858. The van der Waals surface area contributed by atoms with Gasteiger partial charge in [0.15, 0.2) is 0 Å². The smallest absolute Gasteiger partial charge is 0.235 e. The molecule has 0 atom stereocenters. The largest absolute Gasteiger partial charge is 0.497 e. The minimum absolute atomic E-state index is 0.301. The van der Waals surface area contributed by atoms with Crippen LogP contribution in [0.4, 0.5) is 4.39 Å². The van der Waals surface area contributed by atoms with E-state index in [1.54, 1.807) is 6.07 Å². The molecule has 5 nitrogen and oxygen atoms in total. The van der Waals surface area contributed by atoms with Crippen molar-refractivity contribution < 1.29 is 18.6 Å².